The largest absolute Gasteiger partial charge is 0.497 e. The number of aromatic nitrogens is 2. The lowest BCUT2D eigenvalue weighted by atomic mass is 10.3. The van der Waals surface area contributed by atoms with Gasteiger partial charge in [0.25, 0.3) is 10.0 Å². The van der Waals surface area contributed by atoms with Gasteiger partial charge in [-0.3, -0.25) is 10.1 Å². The topological polar surface area (TPSA) is 119 Å². The first-order valence-corrected chi connectivity index (χ1v) is 7.89. The molecule has 10 heteroatoms. The van der Waals surface area contributed by atoms with Gasteiger partial charge in [-0.2, -0.15) is 0 Å². The molecule has 1 heterocycles. The van der Waals surface area contributed by atoms with Gasteiger partial charge in [0, 0.05) is 10.5 Å². The van der Waals surface area contributed by atoms with E-state index in [0.29, 0.717) is 15.9 Å². The summed E-state index contributed by atoms with van der Waals surface area (Å²) < 4.78 is 32.6. The maximum absolute atomic E-state index is 12.2. The van der Waals surface area contributed by atoms with Crippen molar-refractivity contribution in [1.82, 2.24) is 9.97 Å². The quantitative estimate of drug-likeness (QED) is 0.534. The minimum Gasteiger partial charge on any atom is -0.497 e. The third-order valence-electron chi connectivity index (χ3n) is 2.49. The van der Waals surface area contributed by atoms with Crippen molar-refractivity contribution < 1.29 is 13.2 Å². The Bertz CT molecular complexity index is 736. The maximum Gasteiger partial charge on any atom is 0.265 e. The van der Waals surface area contributed by atoms with Crippen molar-refractivity contribution in [2.24, 2.45) is 5.84 Å². The Morgan fingerprint density at radius 3 is 2.52 bits per heavy atom. The van der Waals surface area contributed by atoms with Crippen molar-refractivity contribution >= 4 is 37.6 Å². The third-order valence-corrected chi connectivity index (χ3v) is 4.50. The molecule has 0 unspecified atom stereocenters. The van der Waals surface area contributed by atoms with Gasteiger partial charge in [-0.1, -0.05) is 0 Å². The van der Waals surface area contributed by atoms with Crippen LogP contribution in [0.2, 0.25) is 0 Å². The van der Waals surface area contributed by atoms with Crippen molar-refractivity contribution in [3.63, 3.8) is 0 Å². The van der Waals surface area contributed by atoms with E-state index >= 15 is 0 Å². The Balaban J connectivity index is 2.32. The van der Waals surface area contributed by atoms with E-state index in [0.717, 1.165) is 12.4 Å². The van der Waals surface area contributed by atoms with Gasteiger partial charge in [-0.15, -0.1) is 0 Å². The number of nitrogens with one attached hydrogen (secondary N) is 2. The van der Waals surface area contributed by atoms with E-state index in [1.165, 1.54) is 7.11 Å². The lowest BCUT2D eigenvalue weighted by Crippen LogP contribution is -2.15. The van der Waals surface area contributed by atoms with Crippen molar-refractivity contribution in [3.05, 3.63) is 35.1 Å². The summed E-state index contributed by atoms with van der Waals surface area (Å²) in [5.41, 5.74) is 2.56. The van der Waals surface area contributed by atoms with Gasteiger partial charge in [0.1, 0.15) is 10.6 Å². The minimum atomic E-state index is -3.81. The number of nitrogens with zero attached hydrogens (tertiary/aromatic N) is 2. The zero-order valence-corrected chi connectivity index (χ0v) is 13.3. The van der Waals surface area contributed by atoms with E-state index in [1.807, 2.05) is 0 Å². The number of anilines is 2. The normalized spacial score (nSPS) is 11.0. The van der Waals surface area contributed by atoms with Crippen molar-refractivity contribution in [1.29, 1.82) is 0 Å². The highest BCUT2D eigenvalue weighted by molar-refractivity contribution is 9.10. The van der Waals surface area contributed by atoms with Gasteiger partial charge < -0.3 is 4.74 Å². The van der Waals surface area contributed by atoms with Crippen LogP contribution in [0.3, 0.4) is 0 Å². The zero-order chi connectivity index (χ0) is 15.5. The Kier molecular flexibility index (Phi) is 4.60. The molecule has 2 aromatic rings. The number of nitrogen functional groups attached to an aromatic ring is 1. The fourth-order valence-corrected chi connectivity index (χ4v) is 2.88. The van der Waals surface area contributed by atoms with Crippen molar-refractivity contribution in [2.75, 3.05) is 17.3 Å². The number of rotatable bonds is 5. The number of halogens is 1. The van der Waals surface area contributed by atoms with Gasteiger partial charge in [0.2, 0.25) is 5.95 Å². The molecule has 1 aromatic carbocycles. The monoisotopic (exact) mass is 373 g/mol. The standard InChI is InChI=1S/C11H12BrN5O3S/c1-20-7-2-3-9(12)10(4-7)17-21(18,19)8-5-14-11(16-13)15-6-8/h2-6,17H,13H2,1H3,(H,14,15,16). The Morgan fingerprint density at radius 2 is 1.95 bits per heavy atom. The van der Waals surface area contributed by atoms with Crippen LogP contribution in [-0.2, 0) is 10.0 Å². The first kappa shape index (κ1) is 15.5. The van der Waals surface area contributed by atoms with Crippen molar-refractivity contribution in [3.8, 4) is 5.75 Å². The fourth-order valence-electron chi connectivity index (χ4n) is 1.44. The predicted molar refractivity (Wildman–Crippen MR) is 81.3 cm³/mol. The number of methoxy groups -OCH3 is 1. The lowest BCUT2D eigenvalue weighted by molar-refractivity contribution is 0.415. The predicted octanol–water partition coefficient (Wildman–Crippen LogP) is 1.33. The van der Waals surface area contributed by atoms with E-state index in [2.05, 4.69) is 36.0 Å². The smallest absolute Gasteiger partial charge is 0.265 e. The van der Waals surface area contributed by atoms with Crippen LogP contribution in [0.4, 0.5) is 11.6 Å². The molecule has 0 aliphatic heterocycles. The molecule has 0 amide bonds. The number of nitrogens with two attached hydrogens (primary N) is 1. The van der Waals surface area contributed by atoms with Crippen LogP contribution in [0.5, 0.6) is 5.75 Å². The molecule has 0 saturated carbocycles. The fraction of sp³-hybridized carbons (Fsp3) is 0.0909. The second-order valence-electron chi connectivity index (χ2n) is 3.84. The van der Waals surface area contributed by atoms with Crippen LogP contribution in [0.25, 0.3) is 0 Å². The molecule has 0 spiro atoms. The molecule has 4 N–H and O–H groups in total. The van der Waals surface area contributed by atoms with Crippen LogP contribution in [-0.4, -0.2) is 25.5 Å². The molecule has 21 heavy (non-hydrogen) atoms. The van der Waals surface area contributed by atoms with Crippen LogP contribution in [0.15, 0.2) is 40.0 Å². The second-order valence-corrected chi connectivity index (χ2v) is 6.37. The summed E-state index contributed by atoms with van der Waals surface area (Å²) in [5, 5.41) is 0. The second kappa shape index (κ2) is 6.24. The maximum atomic E-state index is 12.2. The number of hydrogen-bond donors (Lipinski definition) is 3. The molecule has 0 saturated heterocycles. The molecular formula is C11H12BrN5O3S. The van der Waals surface area contributed by atoms with Crippen LogP contribution in [0.1, 0.15) is 0 Å². The molecule has 2 rings (SSSR count). The van der Waals surface area contributed by atoms with Gasteiger partial charge in [-0.05, 0) is 28.1 Å². The van der Waals surface area contributed by atoms with E-state index < -0.39 is 10.0 Å². The van der Waals surface area contributed by atoms with Gasteiger partial charge in [-0.25, -0.2) is 24.2 Å². The molecular weight excluding hydrogens is 362 g/mol. The van der Waals surface area contributed by atoms with Gasteiger partial charge in [0.15, 0.2) is 0 Å². The molecule has 8 nitrogen and oxygen atoms in total. The first-order chi connectivity index (χ1) is 9.96. The third kappa shape index (κ3) is 3.60. The number of sulfonamides is 1. The average Bonchev–Trinajstić information content (AvgIpc) is 2.49. The van der Waals surface area contributed by atoms with E-state index in [1.54, 1.807) is 18.2 Å². The number of hydrogen-bond acceptors (Lipinski definition) is 7. The Morgan fingerprint density at radius 1 is 1.29 bits per heavy atom. The molecule has 0 radical (unpaired) electrons. The summed E-state index contributed by atoms with van der Waals surface area (Å²) in [4.78, 5) is 7.43. The molecule has 1 aromatic heterocycles. The summed E-state index contributed by atoms with van der Waals surface area (Å²) >= 11 is 3.27. The molecule has 0 aliphatic carbocycles. The summed E-state index contributed by atoms with van der Waals surface area (Å²) in [6.45, 7) is 0. The SMILES string of the molecule is COc1ccc(Br)c(NS(=O)(=O)c2cnc(NN)nc2)c1. The molecule has 0 atom stereocenters. The Hall–Kier alpha value is -1.91. The van der Waals surface area contributed by atoms with Crippen LogP contribution in [0, 0.1) is 0 Å². The zero-order valence-electron chi connectivity index (χ0n) is 10.9. The molecule has 112 valence electrons. The van der Waals surface area contributed by atoms with Gasteiger partial charge in [0.05, 0.1) is 25.2 Å². The molecule has 0 fully saturated rings. The molecule has 0 bridgehead atoms. The highest BCUT2D eigenvalue weighted by Gasteiger charge is 2.17. The summed E-state index contributed by atoms with van der Waals surface area (Å²) in [5.74, 6) is 5.77. The van der Waals surface area contributed by atoms with Crippen LogP contribution < -0.4 is 20.7 Å². The summed E-state index contributed by atoms with van der Waals surface area (Å²) in [6, 6.07) is 4.93. The number of hydrazine groups is 1. The van der Waals surface area contributed by atoms with E-state index in [4.69, 9.17) is 10.6 Å². The molecule has 0 aliphatic rings. The highest BCUT2D eigenvalue weighted by Crippen LogP contribution is 2.29. The van der Waals surface area contributed by atoms with Crippen molar-refractivity contribution in [2.45, 2.75) is 4.90 Å². The number of ether oxygens (including phenoxy) is 1. The first-order valence-electron chi connectivity index (χ1n) is 5.61. The number of benzene rings is 1. The highest BCUT2D eigenvalue weighted by atomic mass is 79.9. The Labute approximate surface area is 129 Å². The van der Waals surface area contributed by atoms with E-state index in [-0.39, 0.29) is 10.8 Å². The average molecular weight is 374 g/mol. The summed E-state index contributed by atoms with van der Waals surface area (Å²) in [7, 11) is -2.32. The van der Waals surface area contributed by atoms with Crippen LogP contribution >= 0.6 is 15.9 Å². The lowest BCUT2D eigenvalue weighted by Gasteiger charge is -2.11. The minimum absolute atomic E-state index is 0.0868. The van der Waals surface area contributed by atoms with E-state index in [9.17, 15) is 8.42 Å². The van der Waals surface area contributed by atoms with Gasteiger partial charge >= 0.3 is 0 Å². The summed E-state index contributed by atoms with van der Waals surface area (Å²) in [6.07, 6.45) is 2.30.